The average Bonchev–Trinajstić information content (AvgIpc) is 2.28. The Morgan fingerprint density at radius 1 is 1.50 bits per heavy atom. The van der Waals surface area contributed by atoms with Gasteiger partial charge in [0.1, 0.15) is 5.02 Å². The van der Waals surface area contributed by atoms with Crippen molar-refractivity contribution in [2.75, 3.05) is 7.11 Å². The van der Waals surface area contributed by atoms with Gasteiger partial charge >= 0.3 is 12.1 Å². The van der Waals surface area contributed by atoms with Crippen LogP contribution in [0.15, 0.2) is 17.1 Å². The average molecular weight is 284 g/mol. The number of carbonyl (C=O) groups is 1. The van der Waals surface area contributed by atoms with Crippen molar-refractivity contribution < 1.29 is 22.7 Å². The number of alkyl halides is 3. The van der Waals surface area contributed by atoms with E-state index in [0.29, 0.717) is 12.3 Å². The predicted molar refractivity (Wildman–Crippen MR) is 57.3 cm³/mol. The van der Waals surface area contributed by atoms with E-state index in [9.17, 15) is 22.8 Å². The number of pyridine rings is 1. The molecule has 0 bridgehead atoms. The van der Waals surface area contributed by atoms with Gasteiger partial charge in [-0.25, -0.2) is 0 Å². The number of aryl methyl sites for hydroxylation is 1. The van der Waals surface area contributed by atoms with Gasteiger partial charge < -0.3 is 9.30 Å². The van der Waals surface area contributed by atoms with Crippen LogP contribution in [0, 0.1) is 0 Å². The van der Waals surface area contributed by atoms with Crippen molar-refractivity contribution in [3.8, 4) is 0 Å². The van der Waals surface area contributed by atoms with Gasteiger partial charge in [0.2, 0.25) is 0 Å². The molecule has 18 heavy (non-hydrogen) atoms. The molecule has 100 valence electrons. The van der Waals surface area contributed by atoms with Crippen LogP contribution in [-0.4, -0.2) is 17.6 Å². The second-order valence-electron chi connectivity index (χ2n) is 3.40. The van der Waals surface area contributed by atoms with Crippen molar-refractivity contribution in [2.45, 2.75) is 19.1 Å². The Morgan fingerprint density at radius 2 is 2.11 bits per heavy atom. The van der Waals surface area contributed by atoms with Crippen molar-refractivity contribution >= 4 is 17.6 Å². The minimum absolute atomic E-state index is 0.214. The lowest BCUT2D eigenvalue weighted by Gasteiger charge is -2.11. The van der Waals surface area contributed by atoms with E-state index in [-0.39, 0.29) is 13.0 Å². The van der Waals surface area contributed by atoms with Crippen molar-refractivity contribution in [2.24, 2.45) is 0 Å². The quantitative estimate of drug-likeness (QED) is 0.798. The highest BCUT2D eigenvalue weighted by atomic mass is 35.5. The normalized spacial score (nSPS) is 11.4. The zero-order chi connectivity index (χ0) is 13.9. The number of hydrogen-bond acceptors (Lipinski definition) is 3. The third-order valence-corrected chi connectivity index (χ3v) is 2.42. The molecule has 0 atom stereocenters. The number of nitrogens with zero attached hydrogens (tertiary/aromatic N) is 1. The Hall–Kier alpha value is -1.50. The molecule has 0 radical (unpaired) electrons. The molecular weight excluding hydrogens is 275 g/mol. The number of aromatic nitrogens is 1. The number of carbonyl (C=O) groups excluding carboxylic acids is 1. The number of rotatable bonds is 3. The first kappa shape index (κ1) is 14.6. The summed E-state index contributed by atoms with van der Waals surface area (Å²) < 4.78 is 42.5. The highest BCUT2D eigenvalue weighted by molar-refractivity contribution is 6.30. The fourth-order valence-electron chi connectivity index (χ4n) is 1.23. The Kier molecular flexibility index (Phi) is 4.39. The first-order valence-electron chi connectivity index (χ1n) is 4.79. The zero-order valence-electron chi connectivity index (χ0n) is 9.25. The van der Waals surface area contributed by atoms with E-state index < -0.39 is 28.3 Å². The fourth-order valence-corrected chi connectivity index (χ4v) is 1.46. The second-order valence-corrected chi connectivity index (χ2v) is 3.81. The summed E-state index contributed by atoms with van der Waals surface area (Å²) in [6.45, 7) is -0.227. The van der Waals surface area contributed by atoms with E-state index in [1.54, 1.807) is 0 Å². The maximum Gasteiger partial charge on any atom is 0.417 e. The van der Waals surface area contributed by atoms with Gasteiger partial charge in [-0.05, 0) is 6.07 Å². The van der Waals surface area contributed by atoms with Gasteiger partial charge in [-0.1, -0.05) is 11.6 Å². The number of methoxy groups -OCH3 is 1. The van der Waals surface area contributed by atoms with Gasteiger partial charge in [0, 0.05) is 12.7 Å². The minimum Gasteiger partial charge on any atom is -0.469 e. The number of hydrogen-bond donors (Lipinski definition) is 0. The monoisotopic (exact) mass is 283 g/mol. The van der Waals surface area contributed by atoms with Gasteiger partial charge in [-0.2, -0.15) is 13.2 Å². The molecule has 0 N–H and O–H groups in total. The van der Waals surface area contributed by atoms with E-state index >= 15 is 0 Å². The maximum atomic E-state index is 12.5. The minimum atomic E-state index is -4.61. The Bertz CT molecular complexity index is 510. The predicted octanol–water partition coefficient (Wildman–Crippen LogP) is 2.08. The summed E-state index contributed by atoms with van der Waals surface area (Å²) in [7, 11) is 1.14. The molecule has 1 rings (SSSR count). The third-order valence-electron chi connectivity index (χ3n) is 2.15. The van der Waals surface area contributed by atoms with Gasteiger partial charge in [-0.3, -0.25) is 9.59 Å². The lowest BCUT2D eigenvalue weighted by Crippen LogP contribution is -2.24. The molecule has 1 aromatic heterocycles. The molecule has 0 aliphatic rings. The summed E-state index contributed by atoms with van der Waals surface area (Å²) in [5, 5.41) is -0.547. The maximum absolute atomic E-state index is 12.5. The summed E-state index contributed by atoms with van der Waals surface area (Å²) >= 11 is 5.42. The first-order valence-corrected chi connectivity index (χ1v) is 5.17. The summed E-state index contributed by atoms with van der Waals surface area (Å²) in [4.78, 5) is 22.3. The molecule has 0 fully saturated rings. The van der Waals surface area contributed by atoms with Gasteiger partial charge in [0.15, 0.2) is 0 Å². The molecule has 1 aromatic rings. The molecule has 0 saturated carbocycles. The van der Waals surface area contributed by atoms with Crippen LogP contribution >= 0.6 is 11.6 Å². The van der Waals surface area contributed by atoms with Crippen LogP contribution < -0.4 is 5.56 Å². The summed E-state index contributed by atoms with van der Waals surface area (Å²) in [5.74, 6) is -0.629. The Balaban J connectivity index is 3.07. The lowest BCUT2D eigenvalue weighted by molar-refractivity contribution is -0.140. The third kappa shape index (κ3) is 3.49. The van der Waals surface area contributed by atoms with Crippen molar-refractivity contribution in [1.82, 2.24) is 4.57 Å². The highest BCUT2D eigenvalue weighted by Gasteiger charge is 2.32. The van der Waals surface area contributed by atoms with Crippen LogP contribution in [0.1, 0.15) is 12.0 Å². The fraction of sp³-hybridized carbons (Fsp3) is 0.400. The van der Waals surface area contributed by atoms with Crippen LogP contribution in [0.2, 0.25) is 5.02 Å². The molecule has 1 heterocycles. The molecule has 0 amide bonds. The molecule has 0 aliphatic heterocycles. The summed E-state index contributed by atoms with van der Waals surface area (Å²) in [6.07, 6.45) is -4.20. The molecule has 0 aromatic carbocycles. The summed E-state index contributed by atoms with van der Waals surface area (Å²) in [6, 6.07) is 0.554. The van der Waals surface area contributed by atoms with E-state index in [0.717, 1.165) is 11.7 Å². The van der Waals surface area contributed by atoms with E-state index in [4.69, 9.17) is 11.6 Å². The number of halogens is 4. The van der Waals surface area contributed by atoms with Crippen LogP contribution in [0.3, 0.4) is 0 Å². The van der Waals surface area contributed by atoms with E-state index in [1.165, 1.54) is 0 Å². The second kappa shape index (κ2) is 5.43. The topological polar surface area (TPSA) is 48.3 Å². The summed E-state index contributed by atoms with van der Waals surface area (Å²) in [5.41, 5.74) is -1.83. The highest BCUT2D eigenvalue weighted by Crippen LogP contribution is 2.29. The van der Waals surface area contributed by atoms with E-state index in [1.807, 2.05) is 0 Å². The molecule has 0 unspecified atom stereocenters. The Morgan fingerprint density at radius 3 is 2.61 bits per heavy atom. The molecule has 0 aliphatic carbocycles. The largest absolute Gasteiger partial charge is 0.469 e. The number of esters is 1. The Labute approximate surface area is 105 Å². The molecule has 8 heteroatoms. The van der Waals surface area contributed by atoms with Crippen LogP contribution in [-0.2, 0) is 22.3 Å². The van der Waals surface area contributed by atoms with Crippen molar-refractivity contribution in [1.29, 1.82) is 0 Å². The molecule has 0 saturated heterocycles. The van der Waals surface area contributed by atoms with Crippen molar-refractivity contribution in [3.05, 3.63) is 33.2 Å². The molecule has 0 spiro atoms. The molecular formula is C10H9ClF3NO3. The van der Waals surface area contributed by atoms with E-state index in [2.05, 4.69) is 4.74 Å². The first-order chi connectivity index (χ1) is 8.25. The van der Waals surface area contributed by atoms with Crippen LogP contribution in [0.5, 0.6) is 0 Å². The zero-order valence-corrected chi connectivity index (χ0v) is 10.0. The number of ether oxygens (including phenoxy) is 1. The smallest absolute Gasteiger partial charge is 0.417 e. The SMILES string of the molecule is COC(=O)CCn1cc(C(F)(F)F)cc(Cl)c1=O. The van der Waals surface area contributed by atoms with Gasteiger partial charge in [0.05, 0.1) is 19.1 Å². The lowest BCUT2D eigenvalue weighted by atomic mass is 10.2. The van der Waals surface area contributed by atoms with Crippen LogP contribution in [0.25, 0.3) is 0 Å². The van der Waals surface area contributed by atoms with Crippen LogP contribution in [0.4, 0.5) is 13.2 Å². The van der Waals surface area contributed by atoms with Crippen molar-refractivity contribution in [3.63, 3.8) is 0 Å². The molecule has 4 nitrogen and oxygen atoms in total. The standard InChI is InChI=1S/C10H9ClF3NO3/c1-18-8(16)2-3-15-5-6(10(12,13)14)4-7(11)9(15)17/h4-5H,2-3H2,1H3. The van der Waals surface area contributed by atoms with Gasteiger partial charge in [-0.15, -0.1) is 0 Å². The van der Waals surface area contributed by atoms with Gasteiger partial charge in [0.25, 0.3) is 5.56 Å².